The van der Waals surface area contributed by atoms with Crippen LogP contribution in [-0.4, -0.2) is 35.4 Å². The van der Waals surface area contributed by atoms with Crippen molar-refractivity contribution < 1.29 is 9.18 Å². The highest BCUT2D eigenvalue weighted by molar-refractivity contribution is 6.00. The summed E-state index contributed by atoms with van der Waals surface area (Å²) >= 11 is 0. The van der Waals surface area contributed by atoms with Crippen molar-refractivity contribution in [3.63, 3.8) is 0 Å². The van der Waals surface area contributed by atoms with Crippen LogP contribution in [0.3, 0.4) is 0 Å². The van der Waals surface area contributed by atoms with Crippen molar-refractivity contribution in [3.8, 4) is 11.1 Å². The Bertz CT molecular complexity index is 635. The summed E-state index contributed by atoms with van der Waals surface area (Å²) in [5.41, 5.74) is 7.93. The first-order chi connectivity index (χ1) is 10.2. The lowest BCUT2D eigenvalue weighted by atomic mass is 10.0. The summed E-state index contributed by atoms with van der Waals surface area (Å²) in [5.74, 6) is 0.112. The monoisotopic (exact) mass is 287 g/mol. The van der Waals surface area contributed by atoms with Gasteiger partial charge in [0.15, 0.2) is 0 Å². The Kier molecular flexibility index (Phi) is 3.75. The second kappa shape index (κ2) is 5.69. The number of H-pyrrole nitrogens is 1. The molecule has 0 saturated carbocycles. The van der Waals surface area contributed by atoms with Crippen molar-refractivity contribution in [2.45, 2.75) is 6.42 Å². The number of likely N-dealkylation sites (tertiary alicyclic amines) is 1. The minimum Gasteiger partial charge on any atom is -0.366 e. The fourth-order valence-electron chi connectivity index (χ4n) is 2.79. The summed E-state index contributed by atoms with van der Waals surface area (Å²) in [6, 6.07) is 6.16. The van der Waals surface area contributed by atoms with Crippen molar-refractivity contribution >= 4 is 5.91 Å². The lowest BCUT2D eigenvalue weighted by Crippen LogP contribution is -2.29. The van der Waals surface area contributed by atoms with E-state index in [4.69, 9.17) is 5.73 Å². The summed E-state index contributed by atoms with van der Waals surface area (Å²) in [4.78, 5) is 17.4. The molecule has 0 aliphatic carbocycles. The van der Waals surface area contributed by atoms with Crippen molar-refractivity contribution in [3.05, 3.63) is 48.0 Å². The fraction of sp³-hybridized carbons (Fsp3) is 0.312. The third kappa shape index (κ3) is 2.69. The molecule has 1 atom stereocenters. The van der Waals surface area contributed by atoms with E-state index < -0.39 is 0 Å². The van der Waals surface area contributed by atoms with Gasteiger partial charge in [-0.1, -0.05) is 12.1 Å². The molecule has 1 aliphatic heterocycles. The van der Waals surface area contributed by atoms with Crippen LogP contribution < -0.4 is 5.73 Å². The van der Waals surface area contributed by atoms with Crippen LogP contribution in [0.2, 0.25) is 0 Å². The Labute approximate surface area is 122 Å². The Morgan fingerprint density at radius 3 is 2.76 bits per heavy atom. The first-order valence-corrected chi connectivity index (χ1v) is 7.11. The number of halogens is 1. The Morgan fingerprint density at radius 2 is 2.10 bits per heavy atom. The van der Waals surface area contributed by atoms with Crippen molar-refractivity contribution in [2.24, 2.45) is 11.7 Å². The Balaban J connectivity index is 1.85. The van der Waals surface area contributed by atoms with E-state index in [0.717, 1.165) is 24.1 Å². The van der Waals surface area contributed by atoms with E-state index in [1.807, 2.05) is 4.90 Å². The van der Waals surface area contributed by atoms with Crippen LogP contribution in [0.4, 0.5) is 4.39 Å². The van der Waals surface area contributed by atoms with Crippen molar-refractivity contribution in [1.82, 2.24) is 9.88 Å². The number of carbonyl (C=O) groups excluding carboxylic acids is 1. The largest absolute Gasteiger partial charge is 0.366 e. The average molecular weight is 287 g/mol. The van der Waals surface area contributed by atoms with E-state index in [0.29, 0.717) is 24.6 Å². The summed E-state index contributed by atoms with van der Waals surface area (Å²) < 4.78 is 13.0. The predicted molar refractivity (Wildman–Crippen MR) is 79.3 cm³/mol. The fourth-order valence-corrected chi connectivity index (χ4v) is 2.79. The first kappa shape index (κ1) is 13.8. The van der Waals surface area contributed by atoms with Gasteiger partial charge < -0.3 is 15.6 Å². The molecule has 5 heteroatoms. The second-order valence-corrected chi connectivity index (χ2v) is 5.43. The number of nitrogens with one attached hydrogen (secondary N) is 1. The summed E-state index contributed by atoms with van der Waals surface area (Å²) in [6.45, 7) is 2.07. The number of amides is 1. The SMILES string of the molecule is NCC1CCN(C(=O)c2c[nH]cc2-c2ccc(F)cc2)C1. The first-order valence-electron chi connectivity index (χ1n) is 7.11. The number of nitrogens with two attached hydrogens (primary N) is 1. The molecule has 0 spiro atoms. The third-order valence-electron chi connectivity index (χ3n) is 4.04. The molecule has 0 bridgehead atoms. The molecule has 0 radical (unpaired) electrons. The predicted octanol–water partition coefficient (Wildman–Crippen LogP) is 2.24. The van der Waals surface area contributed by atoms with Gasteiger partial charge in [0.25, 0.3) is 5.91 Å². The third-order valence-corrected chi connectivity index (χ3v) is 4.04. The number of aromatic amines is 1. The van der Waals surface area contributed by atoms with Gasteiger partial charge in [0.1, 0.15) is 5.82 Å². The number of aromatic nitrogens is 1. The maximum absolute atomic E-state index is 13.0. The van der Waals surface area contributed by atoms with E-state index in [-0.39, 0.29) is 11.7 Å². The van der Waals surface area contributed by atoms with Gasteiger partial charge in [-0.15, -0.1) is 0 Å². The van der Waals surface area contributed by atoms with Crippen LogP contribution in [0.15, 0.2) is 36.7 Å². The van der Waals surface area contributed by atoms with Crippen molar-refractivity contribution in [1.29, 1.82) is 0 Å². The average Bonchev–Trinajstić information content (AvgIpc) is 3.16. The van der Waals surface area contributed by atoms with Gasteiger partial charge in [0.2, 0.25) is 0 Å². The number of hydrogen-bond acceptors (Lipinski definition) is 2. The van der Waals surface area contributed by atoms with Gasteiger partial charge in [-0.05, 0) is 36.6 Å². The topological polar surface area (TPSA) is 62.1 Å². The molecule has 1 unspecified atom stereocenters. The van der Waals surface area contributed by atoms with Gasteiger partial charge >= 0.3 is 0 Å². The number of nitrogens with zero attached hydrogens (tertiary/aromatic N) is 1. The lowest BCUT2D eigenvalue weighted by Gasteiger charge is -2.16. The maximum atomic E-state index is 13.0. The molecule has 1 fully saturated rings. The van der Waals surface area contributed by atoms with E-state index in [1.165, 1.54) is 12.1 Å². The number of rotatable bonds is 3. The second-order valence-electron chi connectivity index (χ2n) is 5.43. The van der Waals surface area contributed by atoms with Crippen LogP contribution in [0.1, 0.15) is 16.8 Å². The van der Waals surface area contributed by atoms with E-state index in [1.54, 1.807) is 24.5 Å². The highest BCUT2D eigenvalue weighted by Crippen LogP contribution is 2.26. The van der Waals surface area contributed by atoms with E-state index >= 15 is 0 Å². The summed E-state index contributed by atoms with van der Waals surface area (Å²) in [7, 11) is 0. The molecule has 1 aromatic heterocycles. The van der Waals surface area contributed by atoms with Crippen LogP contribution in [0.5, 0.6) is 0 Å². The molecule has 110 valence electrons. The molecule has 4 nitrogen and oxygen atoms in total. The number of carbonyl (C=O) groups is 1. The van der Waals surface area contributed by atoms with Crippen LogP contribution in [0, 0.1) is 11.7 Å². The summed E-state index contributed by atoms with van der Waals surface area (Å²) in [5, 5.41) is 0. The summed E-state index contributed by atoms with van der Waals surface area (Å²) in [6.07, 6.45) is 4.44. The highest BCUT2D eigenvalue weighted by atomic mass is 19.1. The Morgan fingerprint density at radius 1 is 1.33 bits per heavy atom. The molecule has 21 heavy (non-hydrogen) atoms. The van der Waals surface area contributed by atoms with Gasteiger partial charge in [-0.2, -0.15) is 0 Å². The van der Waals surface area contributed by atoms with Gasteiger partial charge in [-0.25, -0.2) is 4.39 Å². The standard InChI is InChI=1S/C16H18FN3O/c17-13-3-1-12(2-4-13)14-8-19-9-15(14)16(21)20-6-5-11(7-18)10-20/h1-4,8-9,11,19H,5-7,10,18H2. The molecule has 3 N–H and O–H groups in total. The van der Waals surface area contributed by atoms with Crippen LogP contribution >= 0.6 is 0 Å². The van der Waals surface area contributed by atoms with Crippen LogP contribution in [-0.2, 0) is 0 Å². The van der Waals surface area contributed by atoms with Gasteiger partial charge in [0, 0.05) is 31.0 Å². The Hall–Kier alpha value is -2.14. The molecule has 3 rings (SSSR count). The molecule has 2 aromatic rings. The zero-order chi connectivity index (χ0) is 14.8. The highest BCUT2D eigenvalue weighted by Gasteiger charge is 2.27. The number of hydrogen-bond donors (Lipinski definition) is 2. The van der Waals surface area contributed by atoms with E-state index in [9.17, 15) is 9.18 Å². The molecule has 1 amide bonds. The van der Waals surface area contributed by atoms with Gasteiger partial charge in [0.05, 0.1) is 5.56 Å². The molecular weight excluding hydrogens is 269 g/mol. The minimum atomic E-state index is -0.285. The minimum absolute atomic E-state index is 0.00604. The maximum Gasteiger partial charge on any atom is 0.256 e. The lowest BCUT2D eigenvalue weighted by molar-refractivity contribution is 0.0788. The normalized spacial score (nSPS) is 18.2. The van der Waals surface area contributed by atoms with E-state index in [2.05, 4.69) is 4.98 Å². The van der Waals surface area contributed by atoms with Crippen LogP contribution in [0.25, 0.3) is 11.1 Å². The molecular formula is C16H18FN3O. The quantitative estimate of drug-likeness (QED) is 0.909. The molecule has 1 aromatic carbocycles. The number of benzene rings is 1. The zero-order valence-corrected chi connectivity index (χ0v) is 11.7. The molecule has 1 saturated heterocycles. The molecule has 2 heterocycles. The van der Waals surface area contributed by atoms with Crippen molar-refractivity contribution in [2.75, 3.05) is 19.6 Å². The molecule has 1 aliphatic rings. The van der Waals surface area contributed by atoms with Gasteiger partial charge in [-0.3, -0.25) is 4.79 Å². The zero-order valence-electron chi connectivity index (χ0n) is 11.7. The smallest absolute Gasteiger partial charge is 0.256 e.